The molecule has 0 aliphatic carbocycles. The van der Waals surface area contributed by atoms with E-state index in [-0.39, 0.29) is 0 Å². The Kier molecular flexibility index (Phi) is 5.87. The van der Waals surface area contributed by atoms with Crippen molar-refractivity contribution in [1.82, 2.24) is 24.6 Å². The quantitative estimate of drug-likeness (QED) is 0.726. The number of ether oxygens (including phenoxy) is 1. The van der Waals surface area contributed by atoms with Crippen molar-refractivity contribution < 1.29 is 4.74 Å². The van der Waals surface area contributed by atoms with E-state index in [1.54, 1.807) is 11.8 Å². The zero-order chi connectivity index (χ0) is 17.8. The van der Waals surface area contributed by atoms with Gasteiger partial charge in [0.1, 0.15) is 5.82 Å². The molecule has 0 amide bonds. The molecule has 6 nitrogen and oxygen atoms in total. The first kappa shape index (κ1) is 17.9. The van der Waals surface area contributed by atoms with Crippen LogP contribution in [0.4, 0.5) is 0 Å². The van der Waals surface area contributed by atoms with Gasteiger partial charge in [-0.25, -0.2) is 0 Å². The summed E-state index contributed by atoms with van der Waals surface area (Å²) in [6.45, 7) is 4.10. The van der Waals surface area contributed by atoms with Crippen LogP contribution in [-0.4, -0.2) is 56.2 Å². The fourth-order valence-corrected chi connectivity index (χ4v) is 4.83. The lowest BCUT2D eigenvalue weighted by atomic mass is 9.95. The summed E-state index contributed by atoms with van der Waals surface area (Å²) in [7, 11) is 2.11. The SMILES string of the molecule is Cn1c(SCC2CCCO2)nnc1C1CCN(Cc2cccnc2)CC1. The minimum atomic E-state index is 0.385. The van der Waals surface area contributed by atoms with Gasteiger partial charge in [0.25, 0.3) is 0 Å². The fourth-order valence-electron chi connectivity index (χ4n) is 3.85. The van der Waals surface area contributed by atoms with Crippen molar-refractivity contribution >= 4 is 11.8 Å². The number of pyridine rings is 1. The van der Waals surface area contributed by atoms with E-state index in [1.807, 2.05) is 18.5 Å². The molecule has 0 saturated carbocycles. The molecule has 4 heterocycles. The molecule has 0 spiro atoms. The van der Waals surface area contributed by atoms with Gasteiger partial charge < -0.3 is 9.30 Å². The van der Waals surface area contributed by atoms with Crippen molar-refractivity contribution in [2.75, 3.05) is 25.4 Å². The summed E-state index contributed by atoms with van der Waals surface area (Å²) in [5.41, 5.74) is 1.29. The van der Waals surface area contributed by atoms with Crippen LogP contribution in [0.5, 0.6) is 0 Å². The largest absolute Gasteiger partial charge is 0.377 e. The molecule has 0 bridgehead atoms. The van der Waals surface area contributed by atoms with Crippen LogP contribution >= 0.6 is 11.8 Å². The van der Waals surface area contributed by atoms with Gasteiger partial charge in [-0.15, -0.1) is 10.2 Å². The first-order valence-corrected chi connectivity index (χ1v) is 10.5. The zero-order valence-corrected chi connectivity index (χ0v) is 16.2. The minimum absolute atomic E-state index is 0.385. The van der Waals surface area contributed by atoms with Gasteiger partial charge in [0.05, 0.1) is 6.10 Å². The molecule has 0 radical (unpaired) electrons. The highest BCUT2D eigenvalue weighted by molar-refractivity contribution is 7.99. The van der Waals surface area contributed by atoms with Gasteiger partial charge >= 0.3 is 0 Å². The number of thioether (sulfide) groups is 1. The first-order chi connectivity index (χ1) is 12.8. The van der Waals surface area contributed by atoms with Crippen LogP contribution < -0.4 is 0 Å². The van der Waals surface area contributed by atoms with E-state index in [0.29, 0.717) is 12.0 Å². The molecular weight excluding hydrogens is 346 g/mol. The topological polar surface area (TPSA) is 56.1 Å². The van der Waals surface area contributed by atoms with Gasteiger partial charge in [-0.05, 0) is 50.4 Å². The Hall–Kier alpha value is -1.44. The summed E-state index contributed by atoms with van der Waals surface area (Å²) in [6.07, 6.45) is 8.83. The Balaban J connectivity index is 1.30. The minimum Gasteiger partial charge on any atom is -0.377 e. The number of hydrogen-bond acceptors (Lipinski definition) is 6. The Bertz CT molecular complexity index is 693. The van der Waals surface area contributed by atoms with Crippen LogP contribution in [0, 0.1) is 0 Å². The van der Waals surface area contributed by atoms with Crippen molar-refractivity contribution in [3.8, 4) is 0 Å². The molecule has 0 N–H and O–H groups in total. The highest BCUT2D eigenvalue weighted by Crippen LogP contribution is 2.30. The van der Waals surface area contributed by atoms with Crippen LogP contribution in [-0.2, 0) is 18.3 Å². The monoisotopic (exact) mass is 373 g/mol. The second-order valence-electron chi connectivity index (χ2n) is 7.26. The lowest BCUT2D eigenvalue weighted by Gasteiger charge is -2.31. The standard InChI is InChI=1S/C19H27N5OS/c1-23-18(21-22-19(23)26-14-17-5-3-11-25-17)16-6-9-24(10-7-16)13-15-4-2-8-20-12-15/h2,4,8,12,16-17H,3,5-7,9-11,13-14H2,1H3. The van der Waals surface area contributed by atoms with Crippen LogP contribution in [0.15, 0.2) is 29.7 Å². The first-order valence-electron chi connectivity index (χ1n) is 9.54. The summed E-state index contributed by atoms with van der Waals surface area (Å²) >= 11 is 1.78. The Morgan fingerprint density at radius 3 is 2.85 bits per heavy atom. The molecule has 7 heteroatoms. The van der Waals surface area contributed by atoms with Crippen LogP contribution in [0.25, 0.3) is 0 Å². The van der Waals surface area contributed by atoms with Crippen LogP contribution in [0.1, 0.15) is 43.0 Å². The smallest absolute Gasteiger partial charge is 0.191 e. The van der Waals surface area contributed by atoms with Gasteiger partial charge in [-0.1, -0.05) is 17.8 Å². The maximum absolute atomic E-state index is 5.71. The maximum atomic E-state index is 5.71. The molecule has 2 aromatic rings. The summed E-state index contributed by atoms with van der Waals surface area (Å²) in [5.74, 6) is 2.63. The van der Waals surface area contributed by atoms with Gasteiger partial charge in [-0.2, -0.15) is 0 Å². The summed E-state index contributed by atoms with van der Waals surface area (Å²) in [4.78, 5) is 6.72. The molecule has 2 aliphatic rings. The lowest BCUT2D eigenvalue weighted by molar-refractivity contribution is 0.129. The van der Waals surface area contributed by atoms with Crippen molar-refractivity contribution in [1.29, 1.82) is 0 Å². The van der Waals surface area contributed by atoms with E-state index in [4.69, 9.17) is 4.74 Å². The molecule has 0 aromatic carbocycles. The van der Waals surface area contributed by atoms with Gasteiger partial charge in [0.2, 0.25) is 0 Å². The van der Waals surface area contributed by atoms with Crippen molar-refractivity contribution in [3.05, 3.63) is 35.9 Å². The van der Waals surface area contributed by atoms with Crippen molar-refractivity contribution in [2.24, 2.45) is 7.05 Å². The maximum Gasteiger partial charge on any atom is 0.191 e. The summed E-state index contributed by atoms with van der Waals surface area (Å²) in [6, 6.07) is 4.16. The number of likely N-dealkylation sites (tertiary alicyclic amines) is 1. The van der Waals surface area contributed by atoms with E-state index in [1.165, 1.54) is 18.4 Å². The van der Waals surface area contributed by atoms with Gasteiger partial charge in [-0.3, -0.25) is 9.88 Å². The molecule has 2 aromatic heterocycles. The van der Waals surface area contributed by atoms with Crippen LogP contribution in [0.2, 0.25) is 0 Å². The predicted molar refractivity (Wildman–Crippen MR) is 102 cm³/mol. The Morgan fingerprint density at radius 1 is 1.23 bits per heavy atom. The lowest BCUT2D eigenvalue weighted by Crippen LogP contribution is -2.33. The molecule has 1 atom stereocenters. The summed E-state index contributed by atoms with van der Waals surface area (Å²) in [5, 5.41) is 9.98. The number of piperidine rings is 1. The number of rotatable bonds is 6. The normalized spacial score (nSPS) is 22.1. The van der Waals surface area contributed by atoms with E-state index in [0.717, 1.165) is 55.8 Å². The van der Waals surface area contributed by atoms with E-state index in [2.05, 4.69) is 37.8 Å². The number of nitrogens with zero attached hydrogens (tertiary/aromatic N) is 5. The molecule has 1 unspecified atom stereocenters. The van der Waals surface area contributed by atoms with E-state index < -0.39 is 0 Å². The molecule has 2 aliphatic heterocycles. The third kappa shape index (κ3) is 4.27. The fraction of sp³-hybridized carbons (Fsp3) is 0.632. The highest BCUT2D eigenvalue weighted by Gasteiger charge is 2.26. The Morgan fingerprint density at radius 2 is 2.12 bits per heavy atom. The predicted octanol–water partition coefficient (Wildman–Crippen LogP) is 2.86. The van der Waals surface area contributed by atoms with Gasteiger partial charge in [0.15, 0.2) is 5.16 Å². The molecular formula is C19H27N5OS. The van der Waals surface area contributed by atoms with E-state index in [9.17, 15) is 0 Å². The summed E-state index contributed by atoms with van der Waals surface area (Å²) < 4.78 is 7.91. The highest BCUT2D eigenvalue weighted by atomic mass is 32.2. The average Bonchev–Trinajstić information content (AvgIpc) is 3.31. The van der Waals surface area contributed by atoms with Crippen molar-refractivity contribution in [2.45, 2.75) is 49.4 Å². The molecule has 2 saturated heterocycles. The number of aromatic nitrogens is 4. The van der Waals surface area contributed by atoms with Crippen LogP contribution in [0.3, 0.4) is 0 Å². The third-order valence-electron chi connectivity index (χ3n) is 5.37. The molecule has 26 heavy (non-hydrogen) atoms. The second kappa shape index (κ2) is 8.50. The van der Waals surface area contributed by atoms with Gasteiger partial charge in [0, 0.05) is 44.3 Å². The second-order valence-corrected chi connectivity index (χ2v) is 8.24. The Labute approximate surface area is 159 Å². The van der Waals surface area contributed by atoms with E-state index >= 15 is 0 Å². The third-order valence-corrected chi connectivity index (χ3v) is 6.52. The molecule has 4 rings (SSSR count). The average molecular weight is 374 g/mol. The van der Waals surface area contributed by atoms with Crippen molar-refractivity contribution in [3.63, 3.8) is 0 Å². The molecule has 140 valence electrons. The molecule has 2 fully saturated rings. The zero-order valence-electron chi connectivity index (χ0n) is 15.4. The number of hydrogen-bond donors (Lipinski definition) is 0.